The Balaban J connectivity index is 1.77. The number of hydrogen-bond donors (Lipinski definition) is 0. The monoisotopic (exact) mass is 339 g/mol. The zero-order chi connectivity index (χ0) is 18.0. The van der Waals surface area contributed by atoms with Crippen LogP contribution in [0.4, 0.5) is 0 Å². The molecule has 25 heavy (non-hydrogen) atoms. The normalized spacial score (nSPS) is 14.5. The molecular weight excluding hydrogens is 314 g/mol. The number of aromatic nitrogens is 2. The molecule has 5 nitrogen and oxygen atoms in total. The fourth-order valence-electron chi connectivity index (χ4n) is 3.00. The Morgan fingerprint density at radius 2 is 2.04 bits per heavy atom. The van der Waals surface area contributed by atoms with Crippen LogP contribution in [0, 0.1) is 12.8 Å². The minimum atomic E-state index is -0.506. The molecule has 0 aliphatic carbocycles. The van der Waals surface area contributed by atoms with E-state index in [1.54, 1.807) is 0 Å². The molecule has 2 aromatic rings. The van der Waals surface area contributed by atoms with Gasteiger partial charge in [-0.15, -0.1) is 0 Å². The molecule has 0 radical (unpaired) electrons. The van der Waals surface area contributed by atoms with Gasteiger partial charge in [-0.3, -0.25) is 4.79 Å². The van der Waals surface area contributed by atoms with Gasteiger partial charge in [0, 0.05) is 24.7 Å². The molecule has 132 valence electrons. The van der Waals surface area contributed by atoms with Crippen molar-refractivity contribution in [3.05, 3.63) is 53.1 Å². The lowest BCUT2D eigenvalue weighted by Crippen LogP contribution is -2.42. The quantitative estimate of drug-likeness (QED) is 0.839. The van der Waals surface area contributed by atoms with Crippen molar-refractivity contribution in [2.24, 2.45) is 5.92 Å². The average Bonchev–Trinajstić information content (AvgIpc) is 3.03. The fraction of sp³-hybridized carbons (Fsp3) is 0.450. The topological polar surface area (TPSA) is 55.3 Å². The molecular formula is C20H25N3O2. The van der Waals surface area contributed by atoms with Crippen LogP contribution in [0.25, 0.3) is 0 Å². The molecule has 1 atom stereocenters. The molecule has 1 amide bonds. The first kappa shape index (κ1) is 17.4. The number of fused-ring (bicyclic) bond motifs is 1. The third-order valence-corrected chi connectivity index (χ3v) is 4.53. The predicted octanol–water partition coefficient (Wildman–Crippen LogP) is 3.29. The van der Waals surface area contributed by atoms with E-state index < -0.39 is 6.10 Å². The van der Waals surface area contributed by atoms with Gasteiger partial charge >= 0.3 is 0 Å². The van der Waals surface area contributed by atoms with Crippen LogP contribution >= 0.6 is 0 Å². The second-order valence-corrected chi connectivity index (χ2v) is 6.85. The number of benzene rings is 1. The van der Waals surface area contributed by atoms with Gasteiger partial charge in [0.2, 0.25) is 0 Å². The van der Waals surface area contributed by atoms with E-state index >= 15 is 0 Å². The van der Waals surface area contributed by atoms with Crippen molar-refractivity contribution in [3.8, 4) is 5.75 Å². The van der Waals surface area contributed by atoms with Gasteiger partial charge in [0.1, 0.15) is 11.6 Å². The van der Waals surface area contributed by atoms with Gasteiger partial charge < -0.3 is 9.64 Å². The smallest absolute Gasteiger partial charge is 0.264 e. The summed E-state index contributed by atoms with van der Waals surface area (Å²) in [7, 11) is 0. The summed E-state index contributed by atoms with van der Waals surface area (Å²) in [6.07, 6.45) is 2.14. The van der Waals surface area contributed by atoms with Crippen LogP contribution in [0.1, 0.15) is 43.4 Å². The third-order valence-electron chi connectivity index (χ3n) is 4.53. The van der Waals surface area contributed by atoms with Gasteiger partial charge in [0.15, 0.2) is 6.10 Å². The van der Waals surface area contributed by atoms with Crippen LogP contribution in [0.2, 0.25) is 0 Å². The molecule has 1 aromatic carbocycles. The van der Waals surface area contributed by atoms with Crippen molar-refractivity contribution in [2.45, 2.75) is 53.3 Å². The van der Waals surface area contributed by atoms with Crippen LogP contribution in [-0.4, -0.2) is 26.9 Å². The van der Waals surface area contributed by atoms with E-state index in [0.29, 0.717) is 13.1 Å². The Labute approximate surface area is 149 Å². The highest BCUT2D eigenvalue weighted by Gasteiger charge is 2.33. The molecule has 0 saturated heterocycles. The van der Waals surface area contributed by atoms with Gasteiger partial charge in [-0.1, -0.05) is 39.0 Å². The van der Waals surface area contributed by atoms with E-state index in [4.69, 9.17) is 4.74 Å². The van der Waals surface area contributed by atoms with Crippen molar-refractivity contribution in [1.29, 1.82) is 0 Å². The standard InChI is InChI=1S/C20H25N3O2/c1-5-18-21-10-15-11-23(12-16(15)22-18)20(24)19(13(2)3)25-17-9-7-6-8-14(17)4/h6-10,13,19H,5,11-12H2,1-4H3/t19-/m1/s1. The van der Waals surface area contributed by atoms with E-state index in [0.717, 1.165) is 34.8 Å². The zero-order valence-electron chi connectivity index (χ0n) is 15.3. The van der Waals surface area contributed by atoms with E-state index in [1.165, 1.54) is 0 Å². The van der Waals surface area contributed by atoms with Crippen LogP contribution in [0.3, 0.4) is 0 Å². The first-order chi connectivity index (χ1) is 12.0. The maximum atomic E-state index is 13.1. The third kappa shape index (κ3) is 3.65. The maximum absolute atomic E-state index is 13.1. The average molecular weight is 339 g/mol. The Morgan fingerprint density at radius 1 is 1.28 bits per heavy atom. The first-order valence-electron chi connectivity index (χ1n) is 8.84. The summed E-state index contributed by atoms with van der Waals surface area (Å²) in [4.78, 5) is 23.8. The number of nitrogens with zero attached hydrogens (tertiary/aromatic N) is 3. The highest BCUT2D eigenvalue weighted by molar-refractivity contribution is 5.82. The molecule has 5 heteroatoms. The molecule has 1 aliphatic rings. The molecule has 0 saturated carbocycles. The van der Waals surface area contributed by atoms with E-state index in [9.17, 15) is 4.79 Å². The molecule has 1 aliphatic heterocycles. The minimum Gasteiger partial charge on any atom is -0.480 e. The van der Waals surface area contributed by atoms with E-state index in [2.05, 4.69) is 9.97 Å². The minimum absolute atomic E-state index is 0.00861. The van der Waals surface area contributed by atoms with Crippen molar-refractivity contribution in [2.75, 3.05) is 0 Å². The Morgan fingerprint density at radius 3 is 2.72 bits per heavy atom. The lowest BCUT2D eigenvalue weighted by molar-refractivity contribution is -0.141. The van der Waals surface area contributed by atoms with Gasteiger partial charge in [-0.2, -0.15) is 0 Å². The zero-order valence-corrected chi connectivity index (χ0v) is 15.3. The Bertz CT molecular complexity index is 773. The molecule has 2 heterocycles. The lowest BCUT2D eigenvalue weighted by Gasteiger charge is -2.27. The molecule has 1 aromatic heterocycles. The van der Waals surface area contributed by atoms with E-state index in [-0.39, 0.29) is 11.8 Å². The lowest BCUT2D eigenvalue weighted by atomic mass is 10.1. The second kappa shape index (κ2) is 7.21. The van der Waals surface area contributed by atoms with Crippen molar-refractivity contribution in [3.63, 3.8) is 0 Å². The fourth-order valence-corrected chi connectivity index (χ4v) is 3.00. The molecule has 0 spiro atoms. The number of carbonyl (C=O) groups excluding carboxylic acids is 1. The van der Waals surface area contributed by atoms with Crippen molar-refractivity contribution in [1.82, 2.24) is 14.9 Å². The summed E-state index contributed by atoms with van der Waals surface area (Å²) < 4.78 is 6.10. The molecule has 0 bridgehead atoms. The second-order valence-electron chi connectivity index (χ2n) is 6.85. The van der Waals surface area contributed by atoms with Crippen molar-refractivity contribution < 1.29 is 9.53 Å². The number of para-hydroxylation sites is 1. The molecule has 3 rings (SSSR count). The highest BCUT2D eigenvalue weighted by Crippen LogP contribution is 2.25. The summed E-state index contributed by atoms with van der Waals surface area (Å²) in [6.45, 7) is 9.13. The summed E-state index contributed by atoms with van der Waals surface area (Å²) in [6, 6.07) is 7.80. The summed E-state index contributed by atoms with van der Waals surface area (Å²) in [5.74, 6) is 1.67. The number of amides is 1. The summed E-state index contributed by atoms with van der Waals surface area (Å²) in [5.41, 5.74) is 3.02. The number of rotatable bonds is 5. The SMILES string of the molecule is CCc1ncc2c(n1)CN(C(=O)[C@H](Oc1ccccc1C)C(C)C)C2. The van der Waals surface area contributed by atoms with E-state index in [1.807, 2.05) is 63.1 Å². The number of hydrogen-bond acceptors (Lipinski definition) is 4. The number of carbonyl (C=O) groups is 1. The van der Waals surface area contributed by atoms with Crippen LogP contribution < -0.4 is 4.74 Å². The predicted molar refractivity (Wildman–Crippen MR) is 96.1 cm³/mol. The van der Waals surface area contributed by atoms with Crippen LogP contribution in [0.15, 0.2) is 30.5 Å². The Kier molecular flexibility index (Phi) is 5.02. The Hall–Kier alpha value is -2.43. The summed E-state index contributed by atoms with van der Waals surface area (Å²) >= 11 is 0. The van der Waals surface area contributed by atoms with Crippen molar-refractivity contribution >= 4 is 5.91 Å². The maximum Gasteiger partial charge on any atom is 0.264 e. The largest absolute Gasteiger partial charge is 0.480 e. The van der Waals surface area contributed by atoms with Gasteiger partial charge in [0.05, 0.1) is 12.2 Å². The van der Waals surface area contributed by atoms with Gasteiger partial charge in [-0.05, 0) is 24.5 Å². The van der Waals surface area contributed by atoms with Gasteiger partial charge in [-0.25, -0.2) is 9.97 Å². The number of aryl methyl sites for hydroxylation is 2. The van der Waals surface area contributed by atoms with Crippen LogP contribution in [-0.2, 0) is 24.3 Å². The number of ether oxygens (including phenoxy) is 1. The van der Waals surface area contributed by atoms with Crippen LogP contribution in [0.5, 0.6) is 5.75 Å². The first-order valence-corrected chi connectivity index (χ1v) is 8.84. The summed E-state index contributed by atoms with van der Waals surface area (Å²) in [5, 5.41) is 0. The molecule has 0 N–H and O–H groups in total. The molecule has 0 unspecified atom stereocenters. The highest BCUT2D eigenvalue weighted by atomic mass is 16.5. The van der Waals surface area contributed by atoms with Gasteiger partial charge in [0.25, 0.3) is 5.91 Å². The molecule has 0 fully saturated rings.